The predicted octanol–water partition coefficient (Wildman–Crippen LogP) is 2.07. The molecule has 0 bridgehead atoms. The van der Waals surface area contributed by atoms with Crippen LogP contribution in [0.25, 0.3) is 0 Å². The van der Waals surface area contributed by atoms with Crippen molar-refractivity contribution < 1.29 is 14.6 Å². The Bertz CT molecular complexity index is 357. The average Bonchev–Trinajstić information content (AvgIpc) is 2.26. The number of nitrogens with one attached hydrogen (secondary N) is 1. The molecule has 0 spiro atoms. The lowest BCUT2D eigenvalue weighted by Crippen LogP contribution is -2.47. The minimum atomic E-state index is -0.967. The molecule has 0 saturated heterocycles. The molecule has 0 aliphatic carbocycles. The summed E-state index contributed by atoms with van der Waals surface area (Å²) in [6.07, 6.45) is -0.525. The van der Waals surface area contributed by atoms with E-state index in [1.165, 1.54) is 0 Å². The van der Waals surface area contributed by atoms with Gasteiger partial charge in [0.15, 0.2) is 0 Å². The van der Waals surface area contributed by atoms with E-state index >= 15 is 0 Å². The SMILES string of the molecule is CC(NC(=O)OCc1ccccc1)C(C)(C)O. The van der Waals surface area contributed by atoms with Crippen molar-refractivity contribution in [1.29, 1.82) is 0 Å². The molecule has 4 heteroatoms. The number of aliphatic hydroxyl groups is 1. The minimum Gasteiger partial charge on any atom is -0.445 e. The fraction of sp³-hybridized carbons (Fsp3) is 0.462. The van der Waals surface area contributed by atoms with Crippen LogP contribution in [-0.2, 0) is 11.3 Å². The summed E-state index contributed by atoms with van der Waals surface area (Å²) in [7, 11) is 0. The second-order valence-electron chi connectivity index (χ2n) is 4.58. The Morgan fingerprint density at radius 1 is 1.41 bits per heavy atom. The molecule has 0 heterocycles. The van der Waals surface area contributed by atoms with Crippen LogP contribution in [-0.4, -0.2) is 22.8 Å². The van der Waals surface area contributed by atoms with Crippen molar-refractivity contribution in [3.8, 4) is 0 Å². The normalized spacial score (nSPS) is 12.9. The molecule has 1 aromatic rings. The first-order chi connectivity index (χ1) is 7.89. The molecule has 2 N–H and O–H groups in total. The van der Waals surface area contributed by atoms with Gasteiger partial charge in [-0.2, -0.15) is 0 Å². The van der Waals surface area contributed by atoms with Gasteiger partial charge in [-0.25, -0.2) is 4.79 Å². The highest BCUT2D eigenvalue weighted by atomic mass is 16.5. The lowest BCUT2D eigenvalue weighted by molar-refractivity contribution is 0.0401. The number of amides is 1. The van der Waals surface area contributed by atoms with Crippen LogP contribution < -0.4 is 5.32 Å². The monoisotopic (exact) mass is 237 g/mol. The van der Waals surface area contributed by atoms with Crippen molar-refractivity contribution in [3.63, 3.8) is 0 Å². The smallest absolute Gasteiger partial charge is 0.407 e. The highest BCUT2D eigenvalue weighted by molar-refractivity contribution is 5.67. The van der Waals surface area contributed by atoms with Crippen LogP contribution in [0.3, 0.4) is 0 Å². The number of alkyl carbamates (subject to hydrolysis) is 1. The molecule has 0 aliphatic rings. The van der Waals surface area contributed by atoms with Gasteiger partial charge in [-0.15, -0.1) is 0 Å². The summed E-state index contributed by atoms with van der Waals surface area (Å²) in [5.41, 5.74) is -0.0373. The van der Waals surface area contributed by atoms with E-state index in [0.29, 0.717) is 0 Å². The zero-order valence-corrected chi connectivity index (χ0v) is 10.4. The number of carbonyl (C=O) groups excluding carboxylic acids is 1. The van der Waals surface area contributed by atoms with Gasteiger partial charge in [0, 0.05) is 0 Å². The van der Waals surface area contributed by atoms with E-state index < -0.39 is 11.7 Å². The van der Waals surface area contributed by atoms with E-state index in [9.17, 15) is 9.90 Å². The van der Waals surface area contributed by atoms with Gasteiger partial charge in [-0.1, -0.05) is 30.3 Å². The molecule has 0 aromatic heterocycles. The Kier molecular flexibility index (Phi) is 4.52. The maximum absolute atomic E-state index is 11.4. The Labute approximate surface area is 102 Å². The Balaban J connectivity index is 2.36. The molecular formula is C13H19NO3. The lowest BCUT2D eigenvalue weighted by atomic mass is 10.0. The fourth-order valence-corrected chi connectivity index (χ4v) is 1.12. The van der Waals surface area contributed by atoms with E-state index in [1.807, 2.05) is 30.3 Å². The Morgan fingerprint density at radius 3 is 2.53 bits per heavy atom. The average molecular weight is 237 g/mol. The molecule has 1 rings (SSSR count). The third-order valence-electron chi connectivity index (χ3n) is 2.61. The third kappa shape index (κ3) is 4.87. The molecule has 0 aliphatic heterocycles. The molecule has 1 unspecified atom stereocenters. The largest absolute Gasteiger partial charge is 0.445 e. The second kappa shape index (κ2) is 5.68. The van der Waals surface area contributed by atoms with Gasteiger partial charge in [0.25, 0.3) is 0 Å². The molecule has 1 amide bonds. The van der Waals surface area contributed by atoms with Crippen LogP contribution in [0, 0.1) is 0 Å². The second-order valence-corrected chi connectivity index (χ2v) is 4.58. The van der Waals surface area contributed by atoms with Crippen LogP contribution in [0.1, 0.15) is 26.3 Å². The standard InChI is InChI=1S/C13H19NO3/c1-10(13(2,3)16)14-12(15)17-9-11-7-5-4-6-8-11/h4-8,10,16H,9H2,1-3H3,(H,14,15). The summed E-state index contributed by atoms with van der Waals surface area (Å²) in [6.45, 7) is 5.22. The first-order valence-electron chi connectivity index (χ1n) is 5.59. The summed E-state index contributed by atoms with van der Waals surface area (Å²) < 4.78 is 5.03. The maximum atomic E-state index is 11.4. The highest BCUT2D eigenvalue weighted by Crippen LogP contribution is 2.08. The number of ether oxygens (including phenoxy) is 1. The van der Waals surface area contributed by atoms with Gasteiger partial charge in [0.2, 0.25) is 0 Å². The summed E-state index contributed by atoms with van der Waals surface area (Å²) in [5.74, 6) is 0. The van der Waals surface area contributed by atoms with Crippen LogP contribution in [0.2, 0.25) is 0 Å². The van der Waals surface area contributed by atoms with Crippen molar-refractivity contribution in [2.75, 3.05) is 0 Å². The molecule has 0 fully saturated rings. The van der Waals surface area contributed by atoms with Crippen molar-refractivity contribution in [2.45, 2.75) is 39.0 Å². The van der Waals surface area contributed by atoms with E-state index in [-0.39, 0.29) is 12.6 Å². The van der Waals surface area contributed by atoms with Crippen molar-refractivity contribution in [3.05, 3.63) is 35.9 Å². The Hall–Kier alpha value is -1.55. The lowest BCUT2D eigenvalue weighted by Gasteiger charge is -2.26. The van der Waals surface area contributed by atoms with Crippen LogP contribution >= 0.6 is 0 Å². The van der Waals surface area contributed by atoms with E-state index in [1.54, 1.807) is 20.8 Å². The summed E-state index contributed by atoms with van der Waals surface area (Å²) in [5, 5.41) is 12.2. The Morgan fingerprint density at radius 2 is 2.00 bits per heavy atom. The quantitative estimate of drug-likeness (QED) is 0.842. The van der Waals surface area contributed by atoms with Crippen molar-refractivity contribution in [1.82, 2.24) is 5.32 Å². The van der Waals surface area contributed by atoms with Crippen LogP contribution in [0.4, 0.5) is 4.79 Å². The van der Waals surface area contributed by atoms with Crippen LogP contribution in [0.15, 0.2) is 30.3 Å². The number of hydrogen-bond acceptors (Lipinski definition) is 3. The van der Waals surface area contributed by atoms with Crippen molar-refractivity contribution in [2.24, 2.45) is 0 Å². The first-order valence-corrected chi connectivity index (χ1v) is 5.59. The predicted molar refractivity (Wildman–Crippen MR) is 65.5 cm³/mol. The molecule has 0 saturated carbocycles. The summed E-state index contributed by atoms with van der Waals surface area (Å²) >= 11 is 0. The molecule has 0 radical (unpaired) electrons. The van der Waals surface area contributed by atoms with Gasteiger partial charge in [0.05, 0.1) is 11.6 Å². The van der Waals surface area contributed by atoms with E-state index in [4.69, 9.17) is 4.74 Å². The van der Waals surface area contributed by atoms with Gasteiger partial charge in [-0.05, 0) is 26.3 Å². The molecule has 17 heavy (non-hydrogen) atoms. The third-order valence-corrected chi connectivity index (χ3v) is 2.61. The zero-order chi connectivity index (χ0) is 12.9. The molecule has 1 aromatic carbocycles. The van der Waals surface area contributed by atoms with Crippen LogP contribution in [0.5, 0.6) is 0 Å². The number of rotatable bonds is 4. The number of benzene rings is 1. The van der Waals surface area contributed by atoms with Gasteiger partial charge in [0.1, 0.15) is 6.61 Å². The molecule has 4 nitrogen and oxygen atoms in total. The van der Waals surface area contributed by atoms with E-state index in [2.05, 4.69) is 5.32 Å². The summed E-state index contributed by atoms with van der Waals surface area (Å²) in [6, 6.07) is 9.07. The summed E-state index contributed by atoms with van der Waals surface area (Å²) in [4.78, 5) is 11.4. The first kappa shape index (κ1) is 13.5. The molecule has 1 atom stereocenters. The van der Waals surface area contributed by atoms with Gasteiger partial charge >= 0.3 is 6.09 Å². The molecule has 94 valence electrons. The van der Waals surface area contributed by atoms with E-state index in [0.717, 1.165) is 5.56 Å². The zero-order valence-electron chi connectivity index (χ0n) is 10.4. The highest BCUT2D eigenvalue weighted by Gasteiger charge is 2.24. The van der Waals surface area contributed by atoms with Gasteiger partial charge in [-0.3, -0.25) is 0 Å². The topological polar surface area (TPSA) is 58.6 Å². The number of carbonyl (C=O) groups is 1. The number of hydrogen-bond donors (Lipinski definition) is 2. The molecular weight excluding hydrogens is 218 g/mol. The van der Waals surface area contributed by atoms with Crippen molar-refractivity contribution >= 4 is 6.09 Å². The van der Waals surface area contributed by atoms with Gasteiger partial charge < -0.3 is 15.2 Å². The fourth-order valence-electron chi connectivity index (χ4n) is 1.12. The minimum absolute atomic E-state index is 0.227. The maximum Gasteiger partial charge on any atom is 0.407 e.